The molecule has 0 spiro atoms. The van der Waals surface area contributed by atoms with Crippen LogP contribution < -0.4 is 0 Å². The Morgan fingerprint density at radius 3 is 2.64 bits per heavy atom. The van der Waals surface area contributed by atoms with Crippen molar-refractivity contribution in [3.8, 4) is 0 Å². The Morgan fingerprint density at radius 2 is 1.64 bits per heavy atom. The lowest BCUT2D eigenvalue weighted by Crippen LogP contribution is -1.76. The summed E-state index contributed by atoms with van der Waals surface area (Å²) in [5, 5.41) is 4.72. The van der Waals surface area contributed by atoms with Crippen LogP contribution in [-0.4, -0.2) is 0 Å². The minimum absolute atomic E-state index is 1.11. The molecule has 0 amide bonds. The first kappa shape index (κ1) is 7.57. The van der Waals surface area contributed by atoms with Crippen LogP contribution in [0.4, 0.5) is 0 Å². The zero-order valence-corrected chi connectivity index (χ0v) is 7.54. The molecule has 63 valence electrons. The van der Waals surface area contributed by atoms with Crippen molar-refractivity contribution in [2.75, 3.05) is 0 Å². The molecule has 3 aromatic rings. The Bertz CT molecular complexity index is 539. The fourth-order valence-electron chi connectivity index (χ4n) is 1.76. The third-order valence-corrected chi connectivity index (χ3v) is 2.43. The van der Waals surface area contributed by atoms with Crippen LogP contribution in [0.5, 0.6) is 0 Å². The smallest absolute Gasteiger partial charge is 0.00139 e. The number of benzene rings is 3. The van der Waals surface area contributed by atoms with Crippen molar-refractivity contribution in [1.29, 1.82) is 0 Å². The number of hydrogen-bond donors (Lipinski definition) is 0. The molecule has 0 saturated carbocycles. The van der Waals surface area contributed by atoms with Crippen LogP contribution in [0, 0.1) is 18.2 Å². The van der Waals surface area contributed by atoms with Gasteiger partial charge in [-0.25, -0.2) is 0 Å². The van der Waals surface area contributed by atoms with Crippen molar-refractivity contribution in [2.24, 2.45) is 0 Å². The van der Waals surface area contributed by atoms with Crippen LogP contribution in [0.1, 0.15) is 0 Å². The highest BCUT2D eigenvalue weighted by Gasteiger charge is 1.97. The highest BCUT2D eigenvalue weighted by Crippen LogP contribution is 2.23. The Balaban J connectivity index is 2.61. The third-order valence-electron chi connectivity index (χ3n) is 2.43. The molecule has 0 aliphatic carbocycles. The fourth-order valence-corrected chi connectivity index (χ4v) is 1.76. The van der Waals surface area contributed by atoms with E-state index in [0.717, 1.165) is 10.8 Å². The Morgan fingerprint density at radius 1 is 0.786 bits per heavy atom. The predicted octanol–water partition coefficient (Wildman–Crippen LogP) is 3.39. The maximum absolute atomic E-state index is 3.22. The maximum atomic E-state index is 3.22. The topological polar surface area (TPSA) is 0 Å². The van der Waals surface area contributed by atoms with E-state index in [1.165, 1.54) is 10.8 Å². The van der Waals surface area contributed by atoms with E-state index in [1.807, 2.05) is 18.2 Å². The largest absolute Gasteiger partial charge is 0.0610 e. The summed E-state index contributed by atoms with van der Waals surface area (Å²) in [5.74, 6) is 0. The van der Waals surface area contributed by atoms with Gasteiger partial charge < -0.3 is 0 Å². The monoisotopic (exact) mass is 175 g/mol. The summed E-state index contributed by atoms with van der Waals surface area (Å²) >= 11 is 0. The second kappa shape index (κ2) is 2.85. The molecule has 0 heterocycles. The molecule has 3 radical (unpaired) electrons. The summed E-state index contributed by atoms with van der Waals surface area (Å²) in [4.78, 5) is 0. The van der Waals surface area contributed by atoms with E-state index in [4.69, 9.17) is 0 Å². The van der Waals surface area contributed by atoms with Gasteiger partial charge in [-0.3, -0.25) is 0 Å². The van der Waals surface area contributed by atoms with Gasteiger partial charge in [-0.1, -0.05) is 42.5 Å². The van der Waals surface area contributed by atoms with Gasteiger partial charge in [0.05, 0.1) is 0 Å². The third kappa shape index (κ3) is 1.01. The summed E-state index contributed by atoms with van der Waals surface area (Å²) in [7, 11) is 0. The predicted molar refractivity (Wildman–Crippen MR) is 58.0 cm³/mol. The molecule has 0 heteroatoms. The lowest BCUT2D eigenvalue weighted by atomic mass is 10.0. The van der Waals surface area contributed by atoms with Crippen LogP contribution in [0.2, 0.25) is 0 Å². The average molecular weight is 175 g/mol. The van der Waals surface area contributed by atoms with E-state index >= 15 is 0 Å². The van der Waals surface area contributed by atoms with Gasteiger partial charge in [0.25, 0.3) is 0 Å². The van der Waals surface area contributed by atoms with E-state index in [1.54, 1.807) is 0 Å². The van der Waals surface area contributed by atoms with Gasteiger partial charge in [-0.2, -0.15) is 0 Å². The van der Waals surface area contributed by atoms with Crippen LogP contribution in [0.15, 0.2) is 42.5 Å². The molecule has 3 rings (SSSR count). The van der Waals surface area contributed by atoms with Gasteiger partial charge in [0.2, 0.25) is 0 Å². The van der Waals surface area contributed by atoms with Gasteiger partial charge in [0, 0.05) is 0 Å². The molecule has 0 aromatic heterocycles. The van der Waals surface area contributed by atoms with Crippen molar-refractivity contribution in [1.82, 2.24) is 0 Å². The van der Waals surface area contributed by atoms with Crippen LogP contribution in [0.25, 0.3) is 21.5 Å². The Labute approximate surface area is 82.8 Å². The van der Waals surface area contributed by atoms with E-state index in [-0.39, 0.29) is 0 Å². The average Bonchev–Trinajstić information content (AvgIpc) is 2.29. The van der Waals surface area contributed by atoms with Crippen LogP contribution >= 0.6 is 0 Å². The molecular weight excluding hydrogens is 168 g/mol. The van der Waals surface area contributed by atoms with Crippen LogP contribution in [-0.2, 0) is 0 Å². The van der Waals surface area contributed by atoms with Crippen LogP contribution in [0.3, 0.4) is 0 Å². The zero-order chi connectivity index (χ0) is 9.38. The second-order valence-electron chi connectivity index (χ2n) is 3.26. The summed E-state index contributed by atoms with van der Waals surface area (Å²) in [6.45, 7) is 0. The van der Waals surface area contributed by atoms with Gasteiger partial charge in [-0.05, 0) is 39.7 Å². The molecule has 0 N–H and O–H groups in total. The van der Waals surface area contributed by atoms with Crippen molar-refractivity contribution >= 4 is 21.5 Å². The second-order valence-corrected chi connectivity index (χ2v) is 3.26. The van der Waals surface area contributed by atoms with Crippen molar-refractivity contribution in [3.05, 3.63) is 60.7 Å². The lowest BCUT2D eigenvalue weighted by Gasteiger charge is -2.01. The highest BCUT2D eigenvalue weighted by atomic mass is 14.0. The first-order valence-corrected chi connectivity index (χ1v) is 4.57. The SMILES string of the molecule is [c]1[c]c2ccc3[c]cccc3c2cc1. The number of fused-ring (bicyclic) bond motifs is 3. The van der Waals surface area contributed by atoms with E-state index in [9.17, 15) is 0 Å². The first-order valence-electron chi connectivity index (χ1n) is 4.57. The molecule has 0 atom stereocenters. The molecule has 0 saturated heterocycles. The number of hydrogen-bond acceptors (Lipinski definition) is 0. The number of rotatable bonds is 0. The van der Waals surface area contributed by atoms with E-state index in [2.05, 4.69) is 42.5 Å². The summed E-state index contributed by atoms with van der Waals surface area (Å²) in [6.07, 6.45) is 0. The molecule has 0 unspecified atom stereocenters. The van der Waals surface area contributed by atoms with Gasteiger partial charge >= 0.3 is 0 Å². The minimum Gasteiger partial charge on any atom is -0.0610 e. The van der Waals surface area contributed by atoms with E-state index < -0.39 is 0 Å². The molecular formula is C14H7. The molecule has 0 fully saturated rings. The fraction of sp³-hybridized carbons (Fsp3) is 0. The highest BCUT2D eigenvalue weighted by molar-refractivity contribution is 6.06. The summed E-state index contributed by atoms with van der Waals surface area (Å²) < 4.78 is 0. The quantitative estimate of drug-likeness (QED) is 0.459. The van der Waals surface area contributed by atoms with Crippen molar-refractivity contribution < 1.29 is 0 Å². The van der Waals surface area contributed by atoms with Gasteiger partial charge in [0.1, 0.15) is 0 Å². The molecule has 3 aromatic carbocycles. The summed E-state index contributed by atoms with van der Waals surface area (Å²) in [6, 6.07) is 23.5. The molecule has 0 bridgehead atoms. The Hall–Kier alpha value is -1.82. The standard InChI is InChI=1S/C14H7/c1-3-7-13-11(5-1)9-10-12-6-2-4-8-14(12)13/h1,3-4,7-10H. The first-order chi connectivity index (χ1) is 6.95. The molecule has 0 nitrogen and oxygen atoms in total. The summed E-state index contributed by atoms with van der Waals surface area (Å²) in [5.41, 5.74) is 0. The van der Waals surface area contributed by atoms with Crippen molar-refractivity contribution in [2.45, 2.75) is 0 Å². The maximum Gasteiger partial charge on any atom is -0.00139 e. The minimum atomic E-state index is 1.11. The van der Waals surface area contributed by atoms with E-state index in [0.29, 0.717) is 0 Å². The normalized spacial score (nSPS) is 10.9. The molecule has 0 aliphatic rings. The van der Waals surface area contributed by atoms with Gasteiger partial charge in [-0.15, -0.1) is 0 Å². The lowest BCUT2D eigenvalue weighted by molar-refractivity contribution is 1.74. The van der Waals surface area contributed by atoms with Gasteiger partial charge in [0.15, 0.2) is 0 Å². The molecule has 14 heavy (non-hydrogen) atoms. The van der Waals surface area contributed by atoms with Crippen molar-refractivity contribution in [3.63, 3.8) is 0 Å². The Kier molecular flexibility index (Phi) is 1.54. The zero-order valence-electron chi connectivity index (χ0n) is 7.54. The molecule has 0 aliphatic heterocycles.